The van der Waals surface area contributed by atoms with E-state index in [2.05, 4.69) is 10.5 Å². The molecule has 1 fully saturated rings. The van der Waals surface area contributed by atoms with Crippen LogP contribution in [-0.2, 0) is 11.4 Å². The summed E-state index contributed by atoms with van der Waals surface area (Å²) in [5, 5.41) is 0. The SMILES string of the molecule is O=c1cc(CNOC2CCCC2)nc2ccccn12. The zero-order valence-electron chi connectivity index (χ0n) is 10.7. The molecule has 1 saturated carbocycles. The summed E-state index contributed by atoms with van der Waals surface area (Å²) >= 11 is 0. The molecule has 5 nitrogen and oxygen atoms in total. The topological polar surface area (TPSA) is 55.6 Å². The van der Waals surface area contributed by atoms with E-state index in [1.807, 2.05) is 18.2 Å². The van der Waals surface area contributed by atoms with Gasteiger partial charge in [-0.2, -0.15) is 5.48 Å². The van der Waals surface area contributed by atoms with Gasteiger partial charge >= 0.3 is 0 Å². The summed E-state index contributed by atoms with van der Waals surface area (Å²) in [6.07, 6.45) is 6.73. The number of aromatic nitrogens is 2. The molecule has 2 aromatic rings. The number of hydroxylamine groups is 1. The lowest BCUT2D eigenvalue weighted by Crippen LogP contribution is -2.23. The van der Waals surface area contributed by atoms with Crippen LogP contribution in [0, 0.1) is 0 Å². The third-order valence-corrected chi connectivity index (χ3v) is 3.43. The Morgan fingerprint density at radius 3 is 3.05 bits per heavy atom. The first-order chi connectivity index (χ1) is 9.33. The summed E-state index contributed by atoms with van der Waals surface area (Å²) in [5.41, 5.74) is 4.22. The van der Waals surface area contributed by atoms with E-state index in [9.17, 15) is 4.79 Å². The second-order valence-electron chi connectivity index (χ2n) is 4.86. The Balaban J connectivity index is 1.69. The van der Waals surface area contributed by atoms with E-state index < -0.39 is 0 Å². The maximum Gasteiger partial charge on any atom is 0.258 e. The Hall–Kier alpha value is -1.72. The molecular formula is C14H17N3O2. The molecule has 0 aromatic carbocycles. The number of fused-ring (bicyclic) bond motifs is 1. The maximum atomic E-state index is 11.9. The van der Waals surface area contributed by atoms with Gasteiger partial charge in [0, 0.05) is 12.3 Å². The first-order valence-electron chi connectivity index (χ1n) is 6.69. The number of nitrogens with zero attached hydrogens (tertiary/aromatic N) is 2. The molecule has 19 heavy (non-hydrogen) atoms. The van der Waals surface area contributed by atoms with Gasteiger partial charge in [-0.25, -0.2) is 4.98 Å². The second kappa shape index (κ2) is 5.50. The Morgan fingerprint density at radius 1 is 1.37 bits per heavy atom. The molecular weight excluding hydrogens is 242 g/mol. The molecule has 0 spiro atoms. The van der Waals surface area contributed by atoms with Crippen molar-refractivity contribution in [1.82, 2.24) is 14.9 Å². The zero-order valence-corrected chi connectivity index (χ0v) is 10.7. The highest BCUT2D eigenvalue weighted by molar-refractivity contribution is 5.37. The van der Waals surface area contributed by atoms with E-state index in [1.54, 1.807) is 6.20 Å². The van der Waals surface area contributed by atoms with E-state index in [0.29, 0.717) is 24.0 Å². The van der Waals surface area contributed by atoms with Crippen LogP contribution in [0.3, 0.4) is 0 Å². The summed E-state index contributed by atoms with van der Waals surface area (Å²) < 4.78 is 1.53. The highest BCUT2D eigenvalue weighted by atomic mass is 16.7. The molecule has 2 aromatic heterocycles. The summed E-state index contributed by atoms with van der Waals surface area (Å²) in [4.78, 5) is 21.9. The highest BCUT2D eigenvalue weighted by Gasteiger charge is 2.15. The van der Waals surface area contributed by atoms with E-state index in [-0.39, 0.29) is 5.56 Å². The molecule has 3 rings (SSSR count). The van der Waals surface area contributed by atoms with Gasteiger partial charge in [-0.15, -0.1) is 0 Å². The molecule has 0 bridgehead atoms. The van der Waals surface area contributed by atoms with E-state index in [0.717, 1.165) is 12.8 Å². The molecule has 0 radical (unpaired) electrons. The molecule has 0 saturated heterocycles. The van der Waals surface area contributed by atoms with Crippen molar-refractivity contribution in [2.45, 2.75) is 38.3 Å². The van der Waals surface area contributed by atoms with Crippen LogP contribution >= 0.6 is 0 Å². The van der Waals surface area contributed by atoms with Crippen molar-refractivity contribution in [2.75, 3.05) is 0 Å². The predicted octanol–water partition coefficient (Wildman–Crippen LogP) is 1.66. The molecule has 0 aliphatic heterocycles. The van der Waals surface area contributed by atoms with Gasteiger partial charge in [0.1, 0.15) is 5.65 Å². The minimum Gasteiger partial charge on any atom is -0.298 e. The second-order valence-corrected chi connectivity index (χ2v) is 4.86. The fourth-order valence-electron chi connectivity index (χ4n) is 2.43. The monoisotopic (exact) mass is 259 g/mol. The smallest absolute Gasteiger partial charge is 0.258 e. The Morgan fingerprint density at radius 2 is 2.21 bits per heavy atom. The minimum absolute atomic E-state index is 0.0664. The molecule has 0 atom stereocenters. The fourth-order valence-corrected chi connectivity index (χ4v) is 2.43. The average molecular weight is 259 g/mol. The zero-order chi connectivity index (χ0) is 13.1. The molecule has 0 unspecified atom stereocenters. The first kappa shape index (κ1) is 12.3. The number of hydrogen-bond donors (Lipinski definition) is 1. The minimum atomic E-state index is -0.0664. The summed E-state index contributed by atoms with van der Waals surface area (Å²) in [6.45, 7) is 0.455. The van der Waals surface area contributed by atoms with Crippen LogP contribution in [0.2, 0.25) is 0 Å². The average Bonchev–Trinajstić information content (AvgIpc) is 2.92. The molecule has 1 aliphatic rings. The van der Waals surface area contributed by atoms with Crippen molar-refractivity contribution in [1.29, 1.82) is 0 Å². The van der Waals surface area contributed by atoms with Gasteiger partial charge in [-0.1, -0.05) is 18.9 Å². The lowest BCUT2D eigenvalue weighted by molar-refractivity contribution is -0.0248. The van der Waals surface area contributed by atoms with Crippen LogP contribution in [0.5, 0.6) is 0 Å². The van der Waals surface area contributed by atoms with Crippen molar-refractivity contribution in [3.63, 3.8) is 0 Å². The third kappa shape index (κ3) is 2.83. The molecule has 0 amide bonds. The van der Waals surface area contributed by atoms with Crippen LogP contribution in [0.25, 0.3) is 5.65 Å². The van der Waals surface area contributed by atoms with Gasteiger partial charge in [0.2, 0.25) is 0 Å². The molecule has 5 heteroatoms. The van der Waals surface area contributed by atoms with E-state index in [1.165, 1.54) is 23.3 Å². The lowest BCUT2D eigenvalue weighted by atomic mass is 10.3. The van der Waals surface area contributed by atoms with Crippen molar-refractivity contribution in [2.24, 2.45) is 0 Å². The van der Waals surface area contributed by atoms with Crippen LogP contribution in [0.1, 0.15) is 31.4 Å². The van der Waals surface area contributed by atoms with Crippen LogP contribution in [0.15, 0.2) is 35.3 Å². The maximum absolute atomic E-state index is 11.9. The van der Waals surface area contributed by atoms with Crippen LogP contribution in [0.4, 0.5) is 0 Å². The van der Waals surface area contributed by atoms with Crippen molar-refractivity contribution < 1.29 is 4.84 Å². The van der Waals surface area contributed by atoms with Gasteiger partial charge < -0.3 is 0 Å². The number of hydrogen-bond acceptors (Lipinski definition) is 4. The molecule has 1 aliphatic carbocycles. The fraction of sp³-hybridized carbons (Fsp3) is 0.429. The lowest BCUT2D eigenvalue weighted by Gasteiger charge is -2.11. The third-order valence-electron chi connectivity index (χ3n) is 3.43. The Kier molecular flexibility index (Phi) is 3.57. The largest absolute Gasteiger partial charge is 0.298 e. The standard InChI is InChI=1S/C14H17N3O2/c18-14-9-11(10-15-19-12-5-1-2-6-12)16-13-7-3-4-8-17(13)14/h3-4,7-9,12,15H,1-2,5-6,10H2. The van der Waals surface area contributed by atoms with Gasteiger partial charge in [0.05, 0.1) is 18.3 Å². The van der Waals surface area contributed by atoms with Crippen LogP contribution in [-0.4, -0.2) is 15.5 Å². The molecule has 2 heterocycles. The molecule has 1 N–H and O–H groups in total. The normalized spacial score (nSPS) is 16.2. The van der Waals surface area contributed by atoms with Gasteiger partial charge in [0.25, 0.3) is 5.56 Å². The molecule has 100 valence electrons. The van der Waals surface area contributed by atoms with Gasteiger partial charge in [-0.05, 0) is 25.0 Å². The Labute approximate surface area is 111 Å². The summed E-state index contributed by atoms with van der Waals surface area (Å²) in [6, 6.07) is 7.05. The predicted molar refractivity (Wildman–Crippen MR) is 71.6 cm³/mol. The van der Waals surface area contributed by atoms with Crippen LogP contribution < -0.4 is 11.0 Å². The summed E-state index contributed by atoms with van der Waals surface area (Å²) in [5.74, 6) is 0. The van der Waals surface area contributed by atoms with Gasteiger partial charge in [-0.3, -0.25) is 14.0 Å². The van der Waals surface area contributed by atoms with E-state index >= 15 is 0 Å². The Bertz CT molecular complexity index is 617. The number of nitrogens with one attached hydrogen (secondary N) is 1. The van der Waals surface area contributed by atoms with Gasteiger partial charge in [0.15, 0.2) is 0 Å². The quantitative estimate of drug-likeness (QED) is 0.848. The number of rotatable bonds is 4. The first-order valence-corrected chi connectivity index (χ1v) is 6.69. The van der Waals surface area contributed by atoms with Crippen molar-refractivity contribution in [3.8, 4) is 0 Å². The van der Waals surface area contributed by atoms with E-state index in [4.69, 9.17) is 4.84 Å². The summed E-state index contributed by atoms with van der Waals surface area (Å²) in [7, 11) is 0. The highest BCUT2D eigenvalue weighted by Crippen LogP contribution is 2.19. The van der Waals surface area contributed by atoms with Crippen molar-refractivity contribution in [3.05, 3.63) is 46.5 Å². The number of pyridine rings is 1. The van der Waals surface area contributed by atoms with Crippen molar-refractivity contribution >= 4 is 5.65 Å².